The first-order valence-electron chi connectivity index (χ1n) is 9.50. The van der Waals surface area contributed by atoms with Crippen LogP contribution in [0.3, 0.4) is 0 Å². The van der Waals surface area contributed by atoms with Crippen molar-refractivity contribution in [3.05, 3.63) is 22.4 Å². The van der Waals surface area contributed by atoms with Gasteiger partial charge in [0, 0.05) is 4.88 Å². The molecule has 1 heterocycles. The summed E-state index contributed by atoms with van der Waals surface area (Å²) in [6.45, 7) is 1.78. The summed E-state index contributed by atoms with van der Waals surface area (Å²) in [5.74, 6) is 2.07. The van der Waals surface area contributed by atoms with E-state index in [2.05, 4.69) is 5.32 Å². The van der Waals surface area contributed by atoms with E-state index in [1.807, 2.05) is 24.4 Å². The number of hydrogen-bond acceptors (Lipinski definition) is 4. The SMILES string of the molecule is C[C@@H](NC(=O)COC(=O)CC12CC3CC(CC(C3)C1)C2)c1cccs1. The van der Waals surface area contributed by atoms with Crippen molar-refractivity contribution < 1.29 is 14.3 Å². The zero-order chi connectivity index (χ0) is 17.4. The number of amides is 1. The van der Waals surface area contributed by atoms with Gasteiger partial charge in [-0.15, -0.1) is 11.3 Å². The number of nitrogens with one attached hydrogen (secondary N) is 1. The van der Waals surface area contributed by atoms with Crippen LogP contribution in [-0.4, -0.2) is 18.5 Å². The summed E-state index contributed by atoms with van der Waals surface area (Å²) in [5, 5.41) is 4.88. The molecule has 25 heavy (non-hydrogen) atoms. The van der Waals surface area contributed by atoms with Crippen LogP contribution in [0, 0.1) is 23.2 Å². The lowest BCUT2D eigenvalue weighted by molar-refractivity contribution is -0.155. The summed E-state index contributed by atoms with van der Waals surface area (Å²) in [4.78, 5) is 25.5. The molecular weight excluding hydrogens is 334 g/mol. The molecule has 136 valence electrons. The van der Waals surface area contributed by atoms with Gasteiger partial charge in [-0.05, 0) is 80.1 Å². The average Bonchev–Trinajstić information content (AvgIpc) is 3.05. The maximum Gasteiger partial charge on any atom is 0.306 e. The van der Waals surface area contributed by atoms with Crippen molar-refractivity contribution in [1.29, 1.82) is 0 Å². The molecule has 4 aliphatic carbocycles. The number of thiophene rings is 1. The second kappa shape index (κ2) is 6.75. The molecule has 0 spiro atoms. The lowest BCUT2D eigenvalue weighted by Gasteiger charge is -2.56. The Kier molecular flexibility index (Phi) is 4.61. The van der Waals surface area contributed by atoms with Gasteiger partial charge < -0.3 is 10.1 Å². The van der Waals surface area contributed by atoms with Crippen LogP contribution in [0.25, 0.3) is 0 Å². The van der Waals surface area contributed by atoms with Crippen LogP contribution < -0.4 is 5.32 Å². The highest BCUT2D eigenvalue weighted by molar-refractivity contribution is 7.10. The molecular formula is C20H27NO3S. The van der Waals surface area contributed by atoms with E-state index < -0.39 is 0 Å². The quantitative estimate of drug-likeness (QED) is 0.777. The average molecular weight is 362 g/mol. The van der Waals surface area contributed by atoms with Crippen molar-refractivity contribution >= 4 is 23.2 Å². The molecule has 0 radical (unpaired) electrons. The Balaban J connectivity index is 1.25. The zero-order valence-electron chi connectivity index (χ0n) is 14.8. The topological polar surface area (TPSA) is 55.4 Å². The molecule has 1 N–H and O–H groups in total. The van der Waals surface area contributed by atoms with Gasteiger partial charge in [0.05, 0.1) is 12.5 Å². The molecule has 1 aromatic rings. The number of carbonyl (C=O) groups is 2. The standard InChI is InChI=1S/C20H27NO3S/c1-13(17-3-2-4-25-17)21-18(22)12-24-19(23)11-20-8-14-5-15(9-20)7-16(6-14)10-20/h2-4,13-16H,5-12H2,1H3,(H,21,22)/t13-,14?,15?,16?,20?/m1/s1. The van der Waals surface area contributed by atoms with Crippen LogP contribution in [0.5, 0.6) is 0 Å². The van der Waals surface area contributed by atoms with Gasteiger partial charge in [-0.25, -0.2) is 0 Å². The Morgan fingerprint density at radius 3 is 2.44 bits per heavy atom. The van der Waals surface area contributed by atoms with Crippen molar-refractivity contribution in [2.45, 2.75) is 57.9 Å². The van der Waals surface area contributed by atoms with Crippen molar-refractivity contribution in [2.75, 3.05) is 6.61 Å². The molecule has 1 aromatic heterocycles. The van der Waals surface area contributed by atoms with Crippen molar-refractivity contribution in [1.82, 2.24) is 5.32 Å². The summed E-state index contributed by atoms with van der Waals surface area (Å²) in [7, 11) is 0. The number of hydrogen-bond donors (Lipinski definition) is 1. The van der Waals surface area contributed by atoms with Gasteiger partial charge in [0.15, 0.2) is 6.61 Å². The van der Waals surface area contributed by atoms with Crippen LogP contribution in [0.15, 0.2) is 17.5 Å². The summed E-state index contributed by atoms with van der Waals surface area (Å²) < 4.78 is 5.31. The molecule has 1 amide bonds. The van der Waals surface area contributed by atoms with E-state index >= 15 is 0 Å². The molecule has 4 aliphatic rings. The highest BCUT2D eigenvalue weighted by atomic mass is 32.1. The molecule has 4 fully saturated rings. The third-order valence-electron chi connectivity index (χ3n) is 6.40. The van der Waals surface area contributed by atoms with Crippen LogP contribution in [0.4, 0.5) is 0 Å². The molecule has 4 saturated carbocycles. The maximum absolute atomic E-state index is 12.3. The Morgan fingerprint density at radius 2 is 1.88 bits per heavy atom. The van der Waals surface area contributed by atoms with Crippen LogP contribution in [0.2, 0.25) is 0 Å². The van der Waals surface area contributed by atoms with Gasteiger partial charge in [0.2, 0.25) is 0 Å². The molecule has 1 atom stereocenters. The predicted octanol–water partition coefficient (Wildman–Crippen LogP) is 4.08. The molecule has 4 bridgehead atoms. The smallest absolute Gasteiger partial charge is 0.306 e. The van der Waals surface area contributed by atoms with Gasteiger partial charge in [-0.2, -0.15) is 0 Å². The van der Waals surface area contributed by atoms with E-state index in [9.17, 15) is 9.59 Å². The van der Waals surface area contributed by atoms with Gasteiger partial charge in [-0.3, -0.25) is 9.59 Å². The first kappa shape index (κ1) is 17.1. The minimum Gasteiger partial charge on any atom is -0.456 e. The van der Waals surface area contributed by atoms with Crippen molar-refractivity contribution in [3.63, 3.8) is 0 Å². The second-order valence-electron chi connectivity index (χ2n) is 8.56. The summed E-state index contributed by atoms with van der Waals surface area (Å²) in [6.07, 6.45) is 8.19. The number of esters is 1. The second-order valence-corrected chi connectivity index (χ2v) is 9.54. The van der Waals surface area contributed by atoms with Crippen LogP contribution in [-0.2, 0) is 14.3 Å². The first-order valence-corrected chi connectivity index (χ1v) is 10.4. The number of rotatable bonds is 6. The largest absolute Gasteiger partial charge is 0.456 e. The van der Waals surface area contributed by atoms with Crippen molar-refractivity contribution in [3.8, 4) is 0 Å². The molecule has 5 heteroatoms. The van der Waals surface area contributed by atoms with E-state index in [0.29, 0.717) is 6.42 Å². The first-order chi connectivity index (χ1) is 12.0. The predicted molar refractivity (Wildman–Crippen MR) is 97.1 cm³/mol. The molecule has 0 aliphatic heterocycles. The number of carbonyl (C=O) groups excluding carboxylic acids is 2. The molecule has 0 saturated heterocycles. The molecule has 5 rings (SSSR count). The normalized spacial score (nSPS) is 33.9. The number of ether oxygens (including phenoxy) is 1. The van der Waals surface area contributed by atoms with E-state index in [-0.39, 0.29) is 29.9 Å². The van der Waals surface area contributed by atoms with E-state index in [1.54, 1.807) is 11.3 Å². The Hall–Kier alpha value is -1.36. The zero-order valence-corrected chi connectivity index (χ0v) is 15.6. The minimum atomic E-state index is -0.222. The fourth-order valence-corrected chi connectivity index (χ4v) is 6.64. The van der Waals surface area contributed by atoms with Crippen LogP contribution >= 0.6 is 11.3 Å². The molecule has 4 nitrogen and oxygen atoms in total. The lowest BCUT2D eigenvalue weighted by Crippen LogP contribution is -2.47. The fraction of sp³-hybridized carbons (Fsp3) is 0.700. The molecule has 0 aromatic carbocycles. The summed E-state index contributed by atoms with van der Waals surface area (Å²) in [6, 6.07) is 3.91. The van der Waals surface area contributed by atoms with Crippen LogP contribution in [0.1, 0.15) is 62.8 Å². The summed E-state index contributed by atoms with van der Waals surface area (Å²) in [5.41, 5.74) is 0.173. The van der Waals surface area contributed by atoms with E-state index in [1.165, 1.54) is 38.5 Å². The molecule has 0 unspecified atom stereocenters. The monoisotopic (exact) mass is 361 g/mol. The maximum atomic E-state index is 12.3. The summed E-state index contributed by atoms with van der Waals surface area (Å²) >= 11 is 1.61. The van der Waals surface area contributed by atoms with Crippen molar-refractivity contribution in [2.24, 2.45) is 23.2 Å². The minimum absolute atomic E-state index is 0.0469. The van der Waals surface area contributed by atoms with Gasteiger partial charge in [0.25, 0.3) is 5.91 Å². The van der Waals surface area contributed by atoms with E-state index in [0.717, 1.165) is 22.6 Å². The fourth-order valence-electron chi connectivity index (χ4n) is 5.90. The Labute approximate surface area is 153 Å². The highest BCUT2D eigenvalue weighted by Crippen LogP contribution is 2.61. The third kappa shape index (κ3) is 3.76. The van der Waals surface area contributed by atoms with Gasteiger partial charge in [-0.1, -0.05) is 6.07 Å². The highest BCUT2D eigenvalue weighted by Gasteiger charge is 2.51. The third-order valence-corrected chi connectivity index (χ3v) is 7.45. The Morgan fingerprint density at radius 1 is 1.24 bits per heavy atom. The lowest BCUT2D eigenvalue weighted by atomic mass is 9.49. The van der Waals surface area contributed by atoms with Gasteiger partial charge in [0.1, 0.15) is 0 Å². The van der Waals surface area contributed by atoms with Gasteiger partial charge >= 0.3 is 5.97 Å². The Bertz CT molecular complexity index is 604. The van der Waals surface area contributed by atoms with E-state index in [4.69, 9.17) is 4.74 Å².